The zero-order valence-electron chi connectivity index (χ0n) is 16.1. The number of benzene rings is 2. The van der Waals surface area contributed by atoms with E-state index in [0.29, 0.717) is 42.0 Å². The maximum Gasteiger partial charge on any atom is 0.416 e. The molecule has 0 saturated carbocycles. The first-order valence-corrected chi connectivity index (χ1v) is 9.14. The molecule has 0 aromatic heterocycles. The maximum absolute atomic E-state index is 13.0. The number of alkyl halides is 3. The van der Waals surface area contributed by atoms with E-state index in [0.717, 1.165) is 12.1 Å². The summed E-state index contributed by atoms with van der Waals surface area (Å²) in [5.74, 6) is -0.0646. The van der Waals surface area contributed by atoms with Crippen molar-refractivity contribution in [3.8, 4) is 11.5 Å². The molecule has 0 amide bonds. The summed E-state index contributed by atoms with van der Waals surface area (Å²) in [7, 11) is 2.97. The highest BCUT2D eigenvalue weighted by Gasteiger charge is 2.39. The third kappa shape index (κ3) is 4.17. The summed E-state index contributed by atoms with van der Waals surface area (Å²) in [4.78, 5) is 13.6. The van der Waals surface area contributed by atoms with Gasteiger partial charge in [-0.15, -0.1) is 0 Å². The molecular formula is C21H22F3NO4. The second-order valence-electron chi connectivity index (χ2n) is 6.84. The SMILES string of the molecule is COc1cccc(C(c2ccc(C(F)(F)F)cc2)N2CCCC2C(=O)O)c1OC. The van der Waals surface area contributed by atoms with E-state index in [4.69, 9.17) is 9.47 Å². The second kappa shape index (κ2) is 8.32. The number of carboxylic acids is 1. The molecule has 2 atom stereocenters. The maximum atomic E-state index is 13.0. The van der Waals surface area contributed by atoms with Gasteiger partial charge >= 0.3 is 12.1 Å². The van der Waals surface area contributed by atoms with Crippen LogP contribution in [0.2, 0.25) is 0 Å². The second-order valence-corrected chi connectivity index (χ2v) is 6.84. The van der Waals surface area contributed by atoms with Crippen LogP contribution in [-0.4, -0.2) is 42.8 Å². The molecular weight excluding hydrogens is 387 g/mol. The molecule has 3 rings (SSSR count). The van der Waals surface area contributed by atoms with Crippen LogP contribution in [0, 0.1) is 0 Å². The summed E-state index contributed by atoms with van der Waals surface area (Å²) < 4.78 is 49.9. The van der Waals surface area contributed by atoms with Gasteiger partial charge in [0.2, 0.25) is 0 Å². The minimum atomic E-state index is -4.45. The van der Waals surface area contributed by atoms with Gasteiger partial charge in [-0.2, -0.15) is 13.2 Å². The number of para-hydroxylation sites is 1. The molecule has 0 spiro atoms. The third-order valence-electron chi connectivity index (χ3n) is 5.19. The van der Waals surface area contributed by atoms with E-state index in [1.54, 1.807) is 23.1 Å². The smallest absolute Gasteiger partial charge is 0.416 e. The molecule has 1 saturated heterocycles. The van der Waals surface area contributed by atoms with Crippen LogP contribution in [0.15, 0.2) is 42.5 Å². The van der Waals surface area contributed by atoms with Crippen LogP contribution in [0.4, 0.5) is 13.2 Å². The number of methoxy groups -OCH3 is 2. The lowest BCUT2D eigenvalue weighted by atomic mass is 9.94. The van der Waals surface area contributed by atoms with E-state index >= 15 is 0 Å². The van der Waals surface area contributed by atoms with Crippen molar-refractivity contribution in [3.63, 3.8) is 0 Å². The Balaban J connectivity index is 2.15. The van der Waals surface area contributed by atoms with Gasteiger partial charge in [-0.25, -0.2) is 0 Å². The summed E-state index contributed by atoms with van der Waals surface area (Å²) in [5.41, 5.74) is 0.436. The Morgan fingerprint density at radius 2 is 1.83 bits per heavy atom. The van der Waals surface area contributed by atoms with Crippen LogP contribution in [0.5, 0.6) is 11.5 Å². The third-order valence-corrected chi connectivity index (χ3v) is 5.19. The highest BCUT2D eigenvalue weighted by atomic mass is 19.4. The van der Waals surface area contributed by atoms with E-state index in [9.17, 15) is 23.1 Å². The number of ether oxygens (including phenoxy) is 2. The van der Waals surface area contributed by atoms with E-state index < -0.39 is 29.8 Å². The predicted molar refractivity (Wildman–Crippen MR) is 100 cm³/mol. The van der Waals surface area contributed by atoms with Gasteiger partial charge in [-0.1, -0.05) is 24.3 Å². The van der Waals surface area contributed by atoms with Gasteiger partial charge in [0.25, 0.3) is 0 Å². The average Bonchev–Trinajstić information content (AvgIpc) is 3.17. The molecule has 1 heterocycles. The molecule has 1 aliphatic heterocycles. The van der Waals surface area contributed by atoms with Crippen LogP contribution < -0.4 is 9.47 Å². The minimum absolute atomic E-state index is 0.427. The number of carboxylic acid groups (broad SMARTS) is 1. The summed E-state index contributed by atoms with van der Waals surface area (Å²) in [6, 6.07) is 8.73. The Hall–Kier alpha value is -2.74. The number of carbonyl (C=O) groups is 1. The molecule has 5 nitrogen and oxygen atoms in total. The number of aliphatic carboxylic acids is 1. The van der Waals surface area contributed by atoms with Gasteiger partial charge in [0.1, 0.15) is 6.04 Å². The van der Waals surface area contributed by atoms with Crippen LogP contribution >= 0.6 is 0 Å². The molecule has 1 aliphatic rings. The molecule has 2 aromatic rings. The summed E-state index contributed by atoms with van der Waals surface area (Å²) >= 11 is 0. The lowest BCUT2D eigenvalue weighted by Crippen LogP contribution is -2.39. The topological polar surface area (TPSA) is 59.0 Å². The van der Waals surface area contributed by atoms with Gasteiger partial charge in [-0.3, -0.25) is 9.69 Å². The van der Waals surface area contributed by atoms with Crippen molar-refractivity contribution < 1.29 is 32.5 Å². The van der Waals surface area contributed by atoms with Crippen molar-refractivity contribution in [1.82, 2.24) is 4.90 Å². The first kappa shape index (κ1) is 21.0. The zero-order valence-corrected chi connectivity index (χ0v) is 16.1. The molecule has 29 heavy (non-hydrogen) atoms. The summed E-state index contributed by atoms with van der Waals surface area (Å²) in [5, 5.41) is 9.66. The zero-order chi connectivity index (χ0) is 21.2. The lowest BCUT2D eigenvalue weighted by Gasteiger charge is -2.33. The molecule has 0 radical (unpaired) electrons. The molecule has 1 fully saturated rings. The van der Waals surface area contributed by atoms with Crippen LogP contribution in [0.1, 0.15) is 35.6 Å². The number of hydrogen-bond donors (Lipinski definition) is 1. The van der Waals surface area contributed by atoms with Gasteiger partial charge in [0, 0.05) is 12.1 Å². The Labute approximate surface area is 166 Å². The van der Waals surface area contributed by atoms with Crippen molar-refractivity contribution >= 4 is 5.97 Å². The molecule has 8 heteroatoms. The van der Waals surface area contributed by atoms with E-state index in [1.165, 1.54) is 26.4 Å². The Morgan fingerprint density at radius 3 is 2.38 bits per heavy atom. The van der Waals surface area contributed by atoms with Gasteiger partial charge in [-0.05, 0) is 36.6 Å². The first-order chi connectivity index (χ1) is 13.8. The molecule has 156 valence electrons. The number of halogens is 3. The highest BCUT2D eigenvalue weighted by Crippen LogP contribution is 2.43. The first-order valence-electron chi connectivity index (χ1n) is 9.14. The molecule has 2 unspecified atom stereocenters. The van der Waals surface area contributed by atoms with Crippen molar-refractivity contribution in [1.29, 1.82) is 0 Å². The predicted octanol–water partition coefficient (Wildman–Crippen LogP) is 4.36. The highest BCUT2D eigenvalue weighted by molar-refractivity contribution is 5.74. The normalized spacial score (nSPS) is 18.4. The van der Waals surface area contributed by atoms with Gasteiger partial charge in [0.05, 0.1) is 25.8 Å². The summed E-state index contributed by atoms with van der Waals surface area (Å²) in [6.45, 7) is 0.503. The minimum Gasteiger partial charge on any atom is -0.493 e. The number of rotatable bonds is 6. The van der Waals surface area contributed by atoms with Gasteiger partial charge in [0.15, 0.2) is 11.5 Å². The largest absolute Gasteiger partial charge is 0.493 e. The standard InChI is InChI=1S/C21H22F3NO4/c1-28-17-7-3-5-15(19(17)29-2)18(25-12-4-6-16(25)20(26)27)13-8-10-14(11-9-13)21(22,23)24/h3,5,7-11,16,18H,4,6,12H2,1-2H3,(H,26,27). The monoisotopic (exact) mass is 409 g/mol. The Morgan fingerprint density at radius 1 is 1.14 bits per heavy atom. The quantitative estimate of drug-likeness (QED) is 0.768. The fraction of sp³-hybridized carbons (Fsp3) is 0.381. The van der Waals surface area contributed by atoms with Crippen molar-refractivity contribution in [3.05, 3.63) is 59.2 Å². The lowest BCUT2D eigenvalue weighted by molar-refractivity contribution is -0.142. The molecule has 2 aromatic carbocycles. The molecule has 0 aliphatic carbocycles. The van der Waals surface area contributed by atoms with Crippen molar-refractivity contribution in [2.24, 2.45) is 0 Å². The van der Waals surface area contributed by atoms with Crippen molar-refractivity contribution in [2.45, 2.75) is 31.1 Å². The Bertz CT molecular complexity index is 867. The van der Waals surface area contributed by atoms with Gasteiger partial charge < -0.3 is 14.6 Å². The van der Waals surface area contributed by atoms with Crippen LogP contribution in [0.3, 0.4) is 0 Å². The Kier molecular flexibility index (Phi) is 6.02. The van der Waals surface area contributed by atoms with E-state index in [1.807, 2.05) is 0 Å². The van der Waals surface area contributed by atoms with Crippen molar-refractivity contribution in [2.75, 3.05) is 20.8 Å². The fourth-order valence-electron chi connectivity index (χ4n) is 3.89. The number of hydrogen-bond acceptors (Lipinski definition) is 4. The average molecular weight is 409 g/mol. The van der Waals surface area contributed by atoms with E-state index in [2.05, 4.69) is 0 Å². The number of likely N-dealkylation sites (tertiary alicyclic amines) is 1. The van der Waals surface area contributed by atoms with Crippen LogP contribution in [-0.2, 0) is 11.0 Å². The summed E-state index contributed by atoms with van der Waals surface area (Å²) in [6.07, 6.45) is -3.29. The molecule has 1 N–H and O–H groups in total. The van der Waals surface area contributed by atoms with Crippen LogP contribution in [0.25, 0.3) is 0 Å². The number of nitrogens with zero attached hydrogens (tertiary/aromatic N) is 1. The fourth-order valence-corrected chi connectivity index (χ4v) is 3.89. The molecule has 0 bridgehead atoms. The van der Waals surface area contributed by atoms with E-state index in [-0.39, 0.29) is 0 Å².